The SMILES string of the molecule is C[Si](C)(C)OC1C=CC(=O)C1.O[C@@H]1C=C[C@H](O)C1. The number of aliphatic hydroxyl groups excluding tert-OH is 2. The first-order valence-electron chi connectivity index (χ1n) is 6.19. The Labute approximate surface area is 109 Å². The van der Waals surface area contributed by atoms with Crippen LogP contribution < -0.4 is 0 Å². The Morgan fingerprint density at radius 2 is 1.72 bits per heavy atom. The van der Waals surface area contributed by atoms with Gasteiger partial charge in [0, 0.05) is 12.8 Å². The van der Waals surface area contributed by atoms with Gasteiger partial charge in [-0.05, 0) is 25.7 Å². The van der Waals surface area contributed by atoms with Crippen molar-refractivity contribution in [2.45, 2.75) is 50.8 Å². The second-order valence-electron chi connectivity index (χ2n) is 5.55. The summed E-state index contributed by atoms with van der Waals surface area (Å²) in [5, 5.41) is 17.3. The highest BCUT2D eigenvalue weighted by Crippen LogP contribution is 2.15. The smallest absolute Gasteiger partial charge is 0.184 e. The van der Waals surface area contributed by atoms with Crippen LogP contribution in [-0.4, -0.2) is 42.6 Å². The van der Waals surface area contributed by atoms with Crippen molar-refractivity contribution >= 4 is 14.1 Å². The van der Waals surface area contributed by atoms with Crippen LogP contribution in [0.1, 0.15) is 12.8 Å². The average Bonchev–Trinajstić information content (AvgIpc) is 2.74. The van der Waals surface area contributed by atoms with E-state index in [0.717, 1.165) is 0 Å². The maximum atomic E-state index is 10.8. The topological polar surface area (TPSA) is 66.8 Å². The second kappa shape index (κ2) is 6.42. The summed E-state index contributed by atoms with van der Waals surface area (Å²) in [4.78, 5) is 10.8. The lowest BCUT2D eigenvalue weighted by molar-refractivity contribution is -0.114. The van der Waals surface area contributed by atoms with Gasteiger partial charge in [-0.3, -0.25) is 4.79 Å². The van der Waals surface area contributed by atoms with Gasteiger partial charge in [-0.25, -0.2) is 0 Å². The van der Waals surface area contributed by atoms with Gasteiger partial charge in [0.25, 0.3) is 0 Å². The van der Waals surface area contributed by atoms with Crippen LogP contribution >= 0.6 is 0 Å². The Hall–Kier alpha value is -0.753. The Morgan fingerprint density at radius 3 is 2.00 bits per heavy atom. The summed E-state index contributed by atoms with van der Waals surface area (Å²) in [6.45, 7) is 6.39. The van der Waals surface area contributed by atoms with Gasteiger partial charge in [-0.2, -0.15) is 0 Å². The fraction of sp³-hybridized carbons (Fsp3) is 0.615. The third-order valence-corrected chi connectivity index (χ3v) is 3.45. The number of ketones is 1. The fourth-order valence-electron chi connectivity index (χ4n) is 1.75. The Kier molecular flexibility index (Phi) is 5.46. The molecule has 2 N–H and O–H groups in total. The maximum absolute atomic E-state index is 10.8. The highest BCUT2D eigenvalue weighted by Gasteiger charge is 2.23. The lowest BCUT2D eigenvalue weighted by Gasteiger charge is -2.21. The van der Waals surface area contributed by atoms with Gasteiger partial charge < -0.3 is 14.6 Å². The third kappa shape index (κ3) is 6.25. The van der Waals surface area contributed by atoms with Crippen molar-refractivity contribution in [2.24, 2.45) is 0 Å². The molecule has 102 valence electrons. The van der Waals surface area contributed by atoms with Crippen molar-refractivity contribution in [1.29, 1.82) is 0 Å². The molecule has 18 heavy (non-hydrogen) atoms. The quantitative estimate of drug-likeness (QED) is 0.588. The maximum Gasteiger partial charge on any atom is 0.184 e. The molecule has 0 aromatic heterocycles. The van der Waals surface area contributed by atoms with Crippen LogP contribution in [0, 0.1) is 0 Å². The van der Waals surface area contributed by atoms with E-state index in [9.17, 15) is 4.79 Å². The zero-order valence-corrected chi connectivity index (χ0v) is 12.2. The van der Waals surface area contributed by atoms with Crippen LogP contribution in [0.15, 0.2) is 24.3 Å². The number of carbonyl (C=O) groups excluding carboxylic acids is 1. The van der Waals surface area contributed by atoms with Gasteiger partial charge in [0.15, 0.2) is 14.1 Å². The minimum Gasteiger partial charge on any atom is -0.411 e. The molecule has 2 aliphatic rings. The first-order valence-corrected chi connectivity index (χ1v) is 9.60. The van der Waals surface area contributed by atoms with Crippen molar-refractivity contribution < 1.29 is 19.4 Å². The van der Waals surface area contributed by atoms with E-state index >= 15 is 0 Å². The molecule has 0 saturated heterocycles. The van der Waals surface area contributed by atoms with Crippen molar-refractivity contribution in [3.05, 3.63) is 24.3 Å². The molecule has 5 heteroatoms. The Balaban J connectivity index is 0.000000199. The van der Waals surface area contributed by atoms with Gasteiger partial charge in [0.05, 0.1) is 18.3 Å². The molecule has 0 radical (unpaired) electrons. The lowest BCUT2D eigenvalue weighted by Crippen LogP contribution is -2.30. The van der Waals surface area contributed by atoms with Crippen LogP contribution in [0.4, 0.5) is 0 Å². The van der Waals surface area contributed by atoms with Crippen LogP contribution in [0.3, 0.4) is 0 Å². The minimum absolute atomic E-state index is 0.0640. The Bertz CT molecular complexity index is 333. The fourth-order valence-corrected chi connectivity index (χ4v) is 2.82. The second-order valence-corrected chi connectivity index (χ2v) is 10.0. The molecule has 1 unspecified atom stereocenters. The van der Waals surface area contributed by atoms with Crippen LogP contribution in [0.2, 0.25) is 19.6 Å². The molecule has 0 spiro atoms. The molecule has 3 atom stereocenters. The summed E-state index contributed by atoms with van der Waals surface area (Å²) in [5.41, 5.74) is 0. The van der Waals surface area contributed by atoms with E-state index in [0.29, 0.717) is 12.8 Å². The van der Waals surface area contributed by atoms with Gasteiger partial charge in [-0.1, -0.05) is 18.2 Å². The molecule has 0 amide bonds. The highest BCUT2D eigenvalue weighted by atomic mass is 28.4. The molecular weight excluding hydrogens is 248 g/mol. The number of rotatable bonds is 2. The number of allylic oxidation sites excluding steroid dienone is 1. The monoisotopic (exact) mass is 270 g/mol. The summed E-state index contributed by atoms with van der Waals surface area (Å²) in [6.07, 6.45) is 6.95. The summed E-state index contributed by atoms with van der Waals surface area (Å²) in [5.74, 6) is 0.188. The largest absolute Gasteiger partial charge is 0.411 e. The summed E-state index contributed by atoms with van der Waals surface area (Å²) in [6, 6.07) is 0. The van der Waals surface area contributed by atoms with E-state index in [1.807, 2.05) is 6.08 Å². The standard InChI is InChI=1S/C8H14O2Si.C5H8O2/c1-11(2,3)10-8-5-4-7(9)6-8;6-4-1-2-5(7)3-4/h4-5,8H,6H2,1-3H3;1-2,4-7H,3H2/t;4-,5+. The van der Waals surface area contributed by atoms with Crippen molar-refractivity contribution in [2.75, 3.05) is 0 Å². The molecule has 0 aromatic rings. The molecule has 4 nitrogen and oxygen atoms in total. The molecule has 0 bridgehead atoms. The van der Waals surface area contributed by atoms with E-state index < -0.39 is 20.5 Å². The molecule has 0 fully saturated rings. The average molecular weight is 270 g/mol. The van der Waals surface area contributed by atoms with Gasteiger partial charge in [0.1, 0.15) is 0 Å². The Morgan fingerprint density at radius 1 is 1.17 bits per heavy atom. The predicted molar refractivity (Wildman–Crippen MR) is 72.8 cm³/mol. The van der Waals surface area contributed by atoms with E-state index in [4.69, 9.17) is 14.6 Å². The van der Waals surface area contributed by atoms with Gasteiger partial charge >= 0.3 is 0 Å². The van der Waals surface area contributed by atoms with Gasteiger partial charge in [-0.15, -0.1) is 0 Å². The predicted octanol–water partition coefficient (Wildman–Crippen LogP) is 1.40. The molecular formula is C13H22O4Si. The van der Waals surface area contributed by atoms with Gasteiger partial charge in [0.2, 0.25) is 0 Å². The summed E-state index contributed by atoms with van der Waals surface area (Å²) < 4.78 is 5.70. The van der Waals surface area contributed by atoms with E-state index in [1.54, 1.807) is 18.2 Å². The first-order chi connectivity index (χ1) is 8.26. The minimum atomic E-state index is -1.46. The lowest BCUT2D eigenvalue weighted by atomic mass is 10.3. The molecule has 0 aromatic carbocycles. The van der Waals surface area contributed by atoms with E-state index in [2.05, 4.69) is 19.6 Å². The normalized spacial score (nSPS) is 30.5. The zero-order valence-electron chi connectivity index (χ0n) is 11.2. The molecule has 0 heterocycles. The molecule has 2 rings (SSSR count). The van der Waals surface area contributed by atoms with Crippen molar-refractivity contribution in [3.63, 3.8) is 0 Å². The van der Waals surface area contributed by atoms with Crippen LogP contribution in [0.5, 0.6) is 0 Å². The third-order valence-electron chi connectivity index (χ3n) is 2.44. The van der Waals surface area contributed by atoms with E-state index in [1.165, 1.54) is 0 Å². The van der Waals surface area contributed by atoms with Crippen LogP contribution in [-0.2, 0) is 9.22 Å². The van der Waals surface area contributed by atoms with Crippen molar-refractivity contribution in [3.8, 4) is 0 Å². The zero-order chi connectivity index (χ0) is 13.8. The molecule has 0 saturated carbocycles. The van der Waals surface area contributed by atoms with E-state index in [-0.39, 0.29) is 11.9 Å². The number of carbonyl (C=O) groups is 1. The summed E-state index contributed by atoms with van der Waals surface area (Å²) >= 11 is 0. The number of aliphatic hydroxyl groups is 2. The first kappa shape index (κ1) is 15.3. The highest BCUT2D eigenvalue weighted by molar-refractivity contribution is 6.69. The van der Waals surface area contributed by atoms with Crippen molar-refractivity contribution in [1.82, 2.24) is 0 Å². The molecule has 2 aliphatic carbocycles. The molecule has 0 aliphatic heterocycles. The number of hydrogen-bond donors (Lipinski definition) is 2. The summed E-state index contributed by atoms with van der Waals surface area (Å²) in [7, 11) is -1.46. The number of hydrogen-bond acceptors (Lipinski definition) is 4. The van der Waals surface area contributed by atoms with Crippen LogP contribution in [0.25, 0.3) is 0 Å².